The molecule has 188 valence electrons. The number of halogens is 4. The molecule has 7 heteroatoms. The molecule has 35 heavy (non-hydrogen) atoms. The molecule has 1 aliphatic rings. The Morgan fingerprint density at radius 2 is 1.57 bits per heavy atom. The van der Waals surface area contributed by atoms with Crippen LogP contribution in [0.25, 0.3) is 5.57 Å². The minimum atomic E-state index is -4.43. The first-order valence-electron chi connectivity index (χ1n) is 11.2. The number of rotatable bonds is 5. The normalized spacial score (nSPS) is 13.7. The zero-order valence-corrected chi connectivity index (χ0v) is 21.1. The van der Waals surface area contributed by atoms with Crippen LogP contribution >= 0.6 is 12.4 Å². The molecule has 0 spiro atoms. The summed E-state index contributed by atoms with van der Waals surface area (Å²) in [6.45, 7) is 6.97. The summed E-state index contributed by atoms with van der Waals surface area (Å²) in [7, 11) is 1.95. The van der Waals surface area contributed by atoms with E-state index in [1.54, 1.807) is 30.3 Å². The zero-order valence-electron chi connectivity index (χ0n) is 20.3. The van der Waals surface area contributed by atoms with E-state index in [-0.39, 0.29) is 18.0 Å². The van der Waals surface area contributed by atoms with Gasteiger partial charge in [-0.2, -0.15) is 13.2 Å². The molecule has 0 unspecified atom stereocenters. The Labute approximate surface area is 211 Å². The Morgan fingerprint density at radius 3 is 2.20 bits per heavy atom. The van der Waals surface area contributed by atoms with E-state index in [0.717, 1.165) is 12.6 Å². The van der Waals surface area contributed by atoms with Crippen molar-refractivity contribution in [2.45, 2.75) is 39.1 Å². The van der Waals surface area contributed by atoms with Crippen LogP contribution in [0.4, 0.5) is 13.2 Å². The second-order valence-electron chi connectivity index (χ2n) is 8.41. The van der Waals surface area contributed by atoms with Gasteiger partial charge in [0, 0.05) is 18.2 Å². The number of nitrogens with one attached hydrogen (secondary N) is 1. The lowest BCUT2D eigenvalue weighted by Crippen LogP contribution is -2.29. The summed E-state index contributed by atoms with van der Waals surface area (Å²) in [5, 5.41) is 3.08. The lowest BCUT2D eigenvalue weighted by molar-refractivity contribution is -0.137. The van der Waals surface area contributed by atoms with Crippen molar-refractivity contribution in [1.82, 2.24) is 5.32 Å². The highest BCUT2D eigenvalue weighted by atomic mass is 35.5. The Balaban J connectivity index is 0.000000366. The van der Waals surface area contributed by atoms with Crippen molar-refractivity contribution in [3.63, 3.8) is 0 Å². The van der Waals surface area contributed by atoms with Crippen LogP contribution < -0.4 is 14.8 Å². The Hall–Kier alpha value is -2.96. The van der Waals surface area contributed by atoms with Gasteiger partial charge >= 0.3 is 6.18 Å². The highest BCUT2D eigenvalue weighted by Gasteiger charge is 2.36. The van der Waals surface area contributed by atoms with Crippen LogP contribution in [0.5, 0.6) is 11.5 Å². The predicted octanol–water partition coefficient (Wildman–Crippen LogP) is 7.53. The number of benzene rings is 3. The molecule has 1 aliphatic heterocycles. The van der Waals surface area contributed by atoms with E-state index in [4.69, 9.17) is 9.47 Å². The third-order valence-corrected chi connectivity index (χ3v) is 5.17. The first kappa shape index (κ1) is 28.3. The summed E-state index contributed by atoms with van der Waals surface area (Å²) >= 11 is 0. The molecule has 0 atom stereocenters. The van der Waals surface area contributed by atoms with Crippen molar-refractivity contribution in [3.05, 3.63) is 101 Å². The summed E-state index contributed by atoms with van der Waals surface area (Å²) in [6, 6.07) is 21.2. The Bertz CT molecular complexity index is 1130. The molecule has 1 heterocycles. The lowest BCUT2D eigenvalue weighted by Gasteiger charge is -2.32. The fourth-order valence-corrected chi connectivity index (χ4v) is 3.79. The van der Waals surface area contributed by atoms with Gasteiger partial charge in [0.25, 0.3) is 0 Å². The van der Waals surface area contributed by atoms with Gasteiger partial charge in [0.15, 0.2) is 0 Å². The van der Waals surface area contributed by atoms with Gasteiger partial charge in [0.1, 0.15) is 17.1 Å². The fourth-order valence-electron chi connectivity index (χ4n) is 3.79. The predicted molar refractivity (Wildman–Crippen MR) is 137 cm³/mol. The highest BCUT2D eigenvalue weighted by Crippen LogP contribution is 2.44. The Morgan fingerprint density at radius 1 is 0.914 bits per heavy atom. The van der Waals surface area contributed by atoms with E-state index < -0.39 is 17.3 Å². The molecule has 1 N–H and O–H groups in total. The van der Waals surface area contributed by atoms with Gasteiger partial charge < -0.3 is 14.8 Å². The maximum Gasteiger partial charge on any atom is 0.417 e. The first-order valence-corrected chi connectivity index (χ1v) is 11.2. The van der Waals surface area contributed by atoms with E-state index in [2.05, 4.69) is 17.4 Å². The zero-order chi connectivity index (χ0) is 24.8. The van der Waals surface area contributed by atoms with Crippen LogP contribution in [0, 0.1) is 0 Å². The number of alkyl halides is 3. The molecule has 3 aromatic carbocycles. The van der Waals surface area contributed by atoms with Crippen molar-refractivity contribution in [2.24, 2.45) is 0 Å². The molecule has 0 amide bonds. The molecule has 0 fully saturated rings. The van der Waals surface area contributed by atoms with Gasteiger partial charge in [0.2, 0.25) is 0 Å². The molecule has 0 saturated carbocycles. The van der Waals surface area contributed by atoms with Crippen molar-refractivity contribution in [1.29, 1.82) is 0 Å². The van der Waals surface area contributed by atoms with E-state index in [9.17, 15) is 13.2 Å². The van der Waals surface area contributed by atoms with Crippen LogP contribution in [-0.2, 0) is 12.7 Å². The van der Waals surface area contributed by atoms with Crippen LogP contribution in [0.2, 0.25) is 0 Å². The third kappa shape index (κ3) is 7.51. The van der Waals surface area contributed by atoms with Gasteiger partial charge in [-0.25, -0.2) is 0 Å². The molecule has 0 radical (unpaired) electrons. The molecule has 0 saturated heterocycles. The molecular formula is C28H31ClF3NO2. The molecule has 0 aromatic heterocycles. The fraction of sp³-hybridized carbons (Fsp3) is 0.286. The van der Waals surface area contributed by atoms with E-state index in [1.165, 1.54) is 17.7 Å². The smallest absolute Gasteiger partial charge is 0.417 e. The van der Waals surface area contributed by atoms with Crippen LogP contribution in [0.3, 0.4) is 0 Å². The molecule has 0 bridgehead atoms. The Kier molecular flexibility index (Phi) is 9.81. The molecule has 0 aliphatic carbocycles. The summed E-state index contributed by atoms with van der Waals surface area (Å²) in [4.78, 5) is 0. The summed E-state index contributed by atoms with van der Waals surface area (Å²) in [5.74, 6) is 1.15. The summed E-state index contributed by atoms with van der Waals surface area (Å²) < 4.78 is 51.8. The van der Waals surface area contributed by atoms with E-state index in [1.807, 2.05) is 46.0 Å². The highest BCUT2D eigenvalue weighted by molar-refractivity contribution is 5.86. The average Bonchev–Trinajstić information content (AvgIpc) is 2.79. The second kappa shape index (κ2) is 12.1. The van der Waals surface area contributed by atoms with Crippen LogP contribution in [0.15, 0.2) is 78.9 Å². The van der Waals surface area contributed by atoms with Crippen molar-refractivity contribution in [3.8, 4) is 11.5 Å². The van der Waals surface area contributed by atoms with Gasteiger partial charge in [-0.05, 0) is 68.8 Å². The van der Waals surface area contributed by atoms with E-state index >= 15 is 0 Å². The third-order valence-electron chi connectivity index (χ3n) is 5.17. The first-order chi connectivity index (χ1) is 16.1. The average molecular weight is 506 g/mol. The number of fused-ring (bicyclic) bond motifs is 1. The molecular weight excluding hydrogens is 475 g/mol. The maximum atomic E-state index is 13.5. The quantitative estimate of drug-likeness (QED) is 0.388. The van der Waals surface area contributed by atoms with Crippen molar-refractivity contribution < 1.29 is 22.6 Å². The maximum absolute atomic E-state index is 13.5. The topological polar surface area (TPSA) is 30.5 Å². The van der Waals surface area contributed by atoms with Gasteiger partial charge in [-0.1, -0.05) is 48.5 Å². The lowest BCUT2D eigenvalue weighted by atomic mass is 9.87. The number of hydrogen-bond acceptors (Lipinski definition) is 3. The second-order valence-corrected chi connectivity index (χ2v) is 8.41. The largest absolute Gasteiger partial charge is 0.494 e. The monoisotopic (exact) mass is 505 g/mol. The van der Waals surface area contributed by atoms with Gasteiger partial charge in [-0.15, -0.1) is 12.4 Å². The molecule has 3 aromatic rings. The number of hydrogen-bond donors (Lipinski definition) is 1. The minimum absolute atomic E-state index is 0. The van der Waals surface area contributed by atoms with Crippen molar-refractivity contribution >= 4 is 18.0 Å². The number of ether oxygens (including phenoxy) is 2. The summed E-state index contributed by atoms with van der Waals surface area (Å²) in [6.07, 6.45) is -2.69. The van der Waals surface area contributed by atoms with Crippen LogP contribution in [0.1, 0.15) is 43.0 Å². The standard InChI is InChI=1S/C20H19F3O2.C8H11N.ClH/c1-4-24-13-9-10-15-16(12-19(2,3)25-18(15)11-13)14-7-5-6-8-17(14)20(21,22)23;1-9-7-8-5-3-2-4-6-8;/h5-12H,4H2,1-3H3;2-6,9H,7H2,1H3;1H. The molecule has 3 nitrogen and oxygen atoms in total. The van der Waals surface area contributed by atoms with Gasteiger partial charge in [-0.3, -0.25) is 0 Å². The summed E-state index contributed by atoms with van der Waals surface area (Å²) in [5.41, 5.74) is 1.24. The van der Waals surface area contributed by atoms with E-state index in [0.29, 0.717) is 29.2 Å². The minimum Gasteiger partial charge on any atom is -0.494 e. The van der Waals surface area contributed by atoms with Crippen molar-refractivity contribution in [2.75, 3.05) is 13.7 Å². The SMILES string of the molecule is CCOc1ccc2c(c1)OC(C)(C)C=C2c1ccccc1C(F)(F)F.CNCc1ccccc1.Cl. The van der Waals surface area contributed by atoms with Crippen LogP contribution in [-0.4, -0.2) is 19.3 Å². The van der Waals surface area contributed by atoms with Gasteiger partial charge in [0.05, 0.1) is 12.2 Å². The molecule has 4 rings (SSSR count).